The second kappa shape index (κ2) is 6.23. The number of hydrogen-bond donors (Lipinski definition) is 1. The first-order valence-corrected chi connectivity index (χ1v) is 7.16. The summed E-state index contributed by atoms with van der Waals surface area (Å²) in [6.07, 6.45) is 0.177. The Kier molecular flexibility index (Phi) is 4.59. The van der Waals surface area contributed by atoms with Crippen LogP contribution in [0.1, 0.15) is 39.7 Å². The number of ether oxygens (including phenoxy) is 3. The lowest BCUT2D eigenvalue weighted by molar-refractivity contribution is 0.173. The average Bonchev–Trinajstić information content (AvgIpc) is 2.88. The van der Waals surface area contributed by atoms with E-state index in [0.717, 1.165) is 11.3 Å². The minimum Gasteiger partial charge on any atom is -0.475 e. The molecule has 1 aliphatic rings. The third-order valence-corrected chi connectivity index (χ3v) is 3.15. The summed E-state index contributed by atoms with van der Waals surface area (Å²) < 4.78 is 16.6. The summed E-state index contributed by atoms with van der Waals surface area (Å²) in [5, 5.41) is 12.5. The number of benzene rings is 1. The second-order valence-corrected chi connectivity index (χ2v) is 6.06. The SMILES string of the molecule is CCC(C#N)Oc1cc2c(cc1CNC(C)(C)C)OCO2. The highest BCUT2D eigenvalue weighted by Gasteiger charge is 2.21. The molecule has 1 N–H and O–H groups in total. The maximum absolute atomic E-state index is 9.08. The quantitative estimate of drug-likeness (QED) is 0.903. The van der Waals surface area contributed by atoms with Crippen LogP contribution in [0.3, 0.4) is 0 Å². The van der Waals surface area contributed by atoms with Gasteiger partial charge in [-0.15, -0.1) is 0 Å². The van der Waals surface area contributed by atoms with Crippen LogP contribution in [0.25, 0.3) is 0 Å². The molecule has 2 rings (SSSR count). The Morgan fingerprint density at radius 3 is 2.57 bits per heavy atom. The minimum atomic E-state index is -0.459. The molecule has 0 aromatic heterocycles. The lowest BCUT2D eigenvalue weighted by atomic mass is 10.1. The predicted octanol–water partition coefficient (Wildman–Crippen LogP) is 2.98. The molecule has 21 heavy (non-hydrogen) atoms. The third-order valence-electron chi connectivity index (χ3n) is 3.15. The van der Waals surface area contributed by atoms with Gasteiger partial charge in [0.25, 0.3) is 0 Å². The summed E-state index contributed by atoms with van der Waals surface area (Å²) in [6.45, 7) is 9.09. The van der Waals surface area contributed by atoms with Crippen LogP contribution >= 0.6 is 0 Å². The maximum atomic E-state index is 9.08. The van der Waals surface area contributed by atoms with Crippen molar-refractivity contribution in [3.63, 3.8) is 0 Å². The Bertz CT molecular complexity index is 544. The molecule has 5 heteroatoms. The zero-order chi connectivity index (χ0) is 15.5. The Labute approximate surface area is 125 Å². The van der Waals surface area contributed by atoms with Gasteiger partial charge >= 0.3 is 0 Å². The molecule has 114 valence electrons. The van der Waals surface area contributed by atoms with Gasteiger partial charge in [0, 0.05) is 23.7 Å². The summed E-state index contributed by atoms with van der Waals surface area (Å²) in [6, 6.07) is 5.88. The Hall–Kier alpha value is -1.93. The molecule has 0 fully saturated rings. The fraction of sp³-hybridized carbons (Fsp3) is 0.562. The van der Waals surface area contributed by atoms with Crippen molar-refractivity contribution >= 4 is 0 Å². The first-order valence-electron chi connectivity index (χ1n) is 7.16. The zero-order valence-corrected chi connectivity index (χ0v) is 13.0. The molecule has 1 aromatic carbocycles. The molecular weight excluding hydrogens is 268 g/mol. The standard InChI is InChI=1S/C16H22N2O3/c1-5-12(8-17)21-13-7-15-14(19-10-20-15)6-11(13)9-18-16(2,3)4/h6-7,12,18H,5,9-10H2,1-4H3. The van der Waals surface area contributed by atoms with Crippen LogP contribution in [0.15, 0.2) is 12.1 Å². The van der Waals surface area contributed by atoms with E-state index in [4.69, 9.17) is 19.5 Å². The highest BCUT2D eigenvalue weighted by Crippen LogP contribution is 2.38. The third kappa shape index (κ3) is 4.02. The molecule has 0 saturated heterocycles. The maximum Gasteiger partial charge on any atom is 0.231 e. The molecule has 0 radical (unpaired) electrons. The van der Waals surface area contributed by atoms with Crippen LogP contribution in [-0.4, -0.2) is 18.4 Å². The van der Waals surface area contributed by atoms with E-state index < -0.39 is 6.10 Å². The molecule has 0 saturated carbocycles. The Morgan fingerprint density at radius 1 is 1.33 bits per heavy atom. The minimum absolute atomic E-state index is 0.00692. The van der Waals surface area contributed by atoms with Crippen LogP contribution < -0.4 is 19.5 Å². The van der Waals surface area contributed by atoms with Gasteiger partial charge in [-0.25, -0.2) is 0 Å². The summed E-state index contributed by atoms with van der Waals surface area (Å²) >= 11 is 0. The summed E-state index contributed by atoms with van der Waals surface area (Å²) in [4.78, 5) is 0. The molecular formula is C16H22N2O3. The van der Waals surface area contributed by atoms with Crippen molar-refractivity contribution in [1.82, 2.24) is 5.32 Å². The van der Waals surface area contributed by atoms with E-state index in [9.17, 15) is 0 Å². The van der Waals surface area contributed by atoms with E-state index in [1.165, 1.54) is 0 Å². The molecule has 5 nitrogen and oxygen atoms in total. The van der Waals surface area contributed by atoms with Gasteiger partial charge in [-0.1, -0.05) is 6.92 Å². The largest absolute Gasteiger partial charge is 0.475 e. The molecule has 1 aromatic rings. The smallest absolute Gasteiger partial charge is 0.231 e. The molecule has 0 spiro atoms. The van der Waals surface area contributed by atoms with Gasteiger partial charge in [-0.05, 0) is 33.3 Å². The fourth-order valence-corrected chi connectivity index (χ4v) is 1.93. The number of nitriles is 1. The predicted molar refractivity (Wildman–Crippen MR) is 79.5 cm³/mol. The van der Waals surface area contributed by atoms with Gasteiger partial charge in [0.05, 0.1) is 0 Å². The molecule has 0 bridgehead atoms. The van der Waals surface area contributed by atoms with Crippen molar-refractivity contribution in [3.05, 3.63) is 17.7 Å². The number of nitrogens with one attached hydrogen (secondary N) is 1. The van der Waals surface area contributed by atoms with Crippen molar-refractivity contribution in [3.8, 4) is 23.3 Å². The second-order valence-electron chi connectivity index (χ2n) is 6.06. The van der Waals surface area contributed by atoms with E-state index in [1.807, 2.05) is 19.1 Å². The van der Waals surface area contributed by atoms with Crippen molar-refractivity contribution in [2.24, 2.45) is 0 Å². The highest BCUT2D eigenvalue weighted by atomic mass is 16.7. The lowest BCUT2D eigenvalue weighted by Crippen LogP contribution is -2.35. The normalized spacial score (nSPS) is 14.6. The first-order chi connectivity index (χ1) is 9.93. The molecule has 0 aliphatic carbocycles. The van der Waals surface area contributed by atoms with Crippen molar-refractivity contribution in [2.75, 3.05) is 6.79 Å². The van der Waals surface area contributed by atoms with E-state index in [-0.39, 0.29) is 12.3 Å². The van der Waals surface area contributed by atoms with Crippen LogP contribution in [0, 0.1) is 11.3 Å². The first kappa shape index (κ1) is 15.5. The van der Waals surface area contributed by atoms with Crippen LogP contribution in [0.4, 0.5) is 0 Å². The molecule has 1 aliphatic heterocycles. The summed E-state index contributed by atoms with van der Waals surface area (Å²) in [5.41, 5.74) is 0.954. The number of rotatable bonds is 5. The average molecular weight is 290 g/mol. The summed E-state index contributed by atoms with van der Waals surface area (Å²) in [5.74, 6) is 2.06. The van der Waals surface area contributed by atoms with E-state index in [1.54, 1.807) is 0 Å². The van der Waals surface area contributed by atoms with Crippen molar-refractivity contribution in [2.45, 2.75) is 52.3 Å². The summed E-state index contributed by atoms with van der Waals surface area (Å²) in [7, 11) is 0. The van der Waals surface area contributed by atoms with Crippen LogP contribution in [0.2, 0.25) is 0 Å². The van der Waals surface area contributed by atoms with Gasteiger partial charge in [-0.2, -0.15) is 5.26 Å². The number of hydrogen-bond acceptors (Lipinski definition) is 5. The van der Waals surface area contributed by atoms with Crippen LogP contribution in [0.5, 0.6) is 17.2 Å². The lowest BCUT2D eigenvalue weighted by Gasteiger charge is -2.22. The Morgan fingerprint density at radius 2 is 2.00 bits per heavy atom. The number of fused-ring (bicyclic) bond motifs is 1. The van der Waals surface area contributed by atoms with Gasteiger partial charge in [0.15, 0.2) is 17.6 Å². The molecule has 0 amide bonds. The van der Waals surface area contributed by atoms with Crippen molar-refractivity contribution in [1.29, 1.82) is 5.26 Å². The highest BCUT2D eigenvalue weighted by molar-refractivity contribution is 5.52. The monoisotopic (exact) mass is 290 g/mol. The Balaban J connectivity index is 2.25. The van der Waals surface area contributed by atoms with Crippen LogP contribution in [-0.2, 0) is 6.54 Å². The fourth-order valence-electron chi connectivity index (χ4n) is 1.93. The van der Waals surface area contributed by atoms with Gasteiger partial charge in [0.2, 0.25) is 6.79 Å². The van der Waals surface area contributed by atoms with Gasteiger partial charge in [-0.3, -0.25) is 0 Å². The molecule has 1 heterocycles. The number of nitrogens with zero attached hydrogens (tertiary/aromatic N) is 1. The van der Waals surface area contributed by atoms with Gasteiger partial charge < -0.3 is 19.5 Å². The van der Waals surface area contributed by atoms with Gasteiger partial charge in [0.1, 0.15) is 11.8 Å². The van der Waals surface area contributed by atoms with E-state index >= 15 is 0 Å². The molecule has 1 atom stereocenters. The molecule has 1 unspecified atom stereocenters. The topological polar surface area (TPSA) is 63.5 Å². The zero-order valence-electron chi connectivity index (χ0n) is 13.0. The van der Waals surface area contributed by atoms with Crippen molar-refractivity contribution < 1.29 is 14.2 Å². The van der Waals surface area contributed by atoms with E-state index in [0.29, 0.717) is 24.5 Å². The van der Waals surface area contributed by atoms with E-state index in [2.05, 4.69) is 32.2 Å².